The SMILES string of the molecule is CCc1nc(-c2cc(C)ccc2C)nc(N)c1I. The molecule has 18 heavy (non-hydrogen) atoms. The molecule has 2 N–H and O–H groups in total. The minimum absolute atomic E-state index is 0.568. The van der Waals surface area contributed by atoms with E-state index in [1.165, 1.54) is 11.1 Å². The van der Waals surface area contributed by atoms with E-state index >= 15 is 0 Å². The molecular formula is C14H16IN3. The first-order chi connectivity index (χ1) is 8.52. The van der Waals surface area contributed by atoms with Crippen LogP contribution in [0.25, 0.3) is 11.4 Å². The first kappa shape index (κ1) is 13.3. The number of nitrogens with zero attached hydrogens (tertiary/aromatic N) is 2. The molecule has 3 nitrogen and oxygen atoms in total. The summed E-state index contributed by atoms with van der Waals surface area (Å²) in [5.74, 6) is 1.30. The van der Waals surface area contributed by atoms with Gasteiger partial charge in [0.1, 0.15) is 5.82 Å². The highest BCUT2D eigenvalue weighted by Crippen LogP contribution is 2.25. The van der Waals surface area contributed by atoms with Crippen molar-refractivity contribution in [3.63, 3.8) is 0 Å². The van der Waals surface area contributed by atoms with Gasteiger partial charge in [-0.05, 0) is 54.5 Å². The molecule has 2 aromatic rings. The van der Waals surface area contributed by atoms with Gasteiger partial charge in [-0.3, -0.25) is 0 Å². The third-order valence-electron chi connectivity index (χ3n) is 2.91. The lowest BCUT2D eigenvalue weighted by atomic mass is 10.0. The Balaban J connectivity index is 2.64. The van der Waals surface area contributed by atoms with Crippen LogP contribution in [0.1, 0.15) is 23.7 Å². The highest BCUT2D eigenvalue weighted by molar-refractivity contribution is 14.1. The molecule has 0 saturated carbocycles. The van der Waals surface area contributed by atoms with E-state index in [0.29, 0.717) is 5.82 Å². The highest BCUT2D eigenvalue weighted by Gasteiger charge is 2.11. The van der Waals surface area contributed by atoms with E-state index in [9.17, 15) is 0 Å². The van der Waals surface area contributed by atoms with Gasteiger partial charge in [-0.2, -0.15) is 0 Å². The van der Waals surface area contributed by atoms with Crippen molar-refractivity contribution in [2.24, 2.45) is 0 Å². The van der Waals surface area contributed by atoms with Gasteiger partial charge in [0.15, 0.2) is 5.82 Å². The summed E-state index contributed by atoms with van der Waals surface area (Å²) >= 11 is 2.21. The van der Waals surface area contributed by atoms with Crippen LogP contribution >= 0.6 is 22.6 Å². The van der Waals surface area contributed by atoms with Crippen LogP contribution in [0.5, 0.6) is 0 Å². The summed E-state index contributed by atoms with van der Waals surface area (Å²) in [5, 5.41) is 0. The minimum atomic E-state index is 0.568. The lowest BCUT2D eigenvalue weighted by molar-refractivity contribution is 0.992. The molecule has 0 fully saturated rings. The quantitative estimate of drug-likeness (QED) is 0.841. The zero-order valence-electron chi connectivity index (χ0n) is 10.8. The van der Waals surface area contributed by atoms with Crippen molar-refractivity contribution in [2.75, 3.05) is 5.73 Å². The number of halogens is 1. The lowest BCUT2D eigenvalue weighted by Crippen LogP contribution is -2.05. The average molecular weight is 353 g/mol. The first-order valence-corrected chi connectivity index (χ1v) is 7.00. The van der Waals surface area contributed by atoms with Crippen molar-refractivity contribution in [2.45, 2.75) is 27.2 Å². The molecule has 4 heteroatoms. The average Bonchev–Trinajstić information content (AvgIpc) is 2.35. The molecule has 1 aromatic carbocycles. The van der Waals surface area contributed by atoms with Gasteiger partial charge in [0.2, 0.25) is 0 Å². The monoisotopic (exact) mass is 353 g/mol. The zero-order chi connectivity index (χ0) is 13.3. The molecule has 2 rings (SSSR count). The fourth-order valence-electron chi connectivity index (χ4n) is 1.84. The van der Waals surface area contributed by atoms with Crippen molar-refractivity contribution in [1.82, 2.24) is 9.97 Å². The van der Waals surface area contributed by atoms with E-state index < -0.39 is 0 Å². The number of anilines is 1. The topological polar surface area (TPSA) is 51.8 Å². The van der Waals surface area contributed by atoms with Gasteiger partial charge in [0.25, 0.3) is 0 Å². The summed E-state index contributed by atoms with van der Waals surface area (Å²) in [5.41, 5.74) is 10.4. The molecule has 0 saturated heterocycles. The summed E-state index contributed by atoms with van der Waals surface area (Å²) in [6, 6.07) is 6.29. The number of hydrogen-bond donors (Lipinski definition) is 1. The largest absolute Gasteiger partial charge is 0.383 e. The van der Waals surface area contributed by atoms with Crippen molar-refractivity contribution in [3.05, 3.63) is 38.6 Å². The zero-order valence-corrected chi connectivity index (χ0v) is 12.9. The molecule has 0 radical (unpaired) electrons. The summed E-state index contributed by atoms with van der Waals surface area (Å²) in [7, 11) is 0. The smallest absolute Gasteiger partial charge is 0.162 e. The minimum Gasteiger partial charge on any atom is -0.383 e. The van der Waals surface area contributed by atoms with Crippen LogP contribution in [0.4, 0.5) is 5.82 Å². The Kier molecular flexibility index (Phi) is 3.85. The maximum absolute atomic E-state index is 5.96. The van der Waals surface area contributed by atoms with Crippen LogP contribution in [0, 0.1) is 17.4 Å². The maximum atomic E-state index is 5.96. The Morgan fingerprint density at radius 2 is 1.94 bits per heavy atom. The Bertz CT molecular complexity index is 594. The molecule has 0 aliphatic carbocycles. The van der Waals surface area contributed by atoms with Gasteiger partial charge >= 0.3 is 0 Å². The molecule has 0 atom stereocenters. The van der Waals surface area contributed by atoms with Crippen molar-refractivity contribution in [1.29, 1.82) is 0 Å². The van der Waals surface area contributed by atoms with E-state index in [0.717, 1.165) is 27.1 Å². The number of aromatic nitrogens is 2. The molecule has 0 amide bonds. The van der Waals surface area contributed by atoms with Gasteiger partial charge in [-0.25, -0.2) is 9.97 Å². The predicted octanol–water partition coefficient (Wildman–Crippen LogP) is 3.51. The number of rotatable bonds is 2. The van der Waals surface area contributed by atoms with Crippen LogP contribution < -0.4 is 5.73 Å². The predicted molar refractivity (Wildman–Crippen MR) is 83.4 cm³/mol. The van der Waals surface area contributed by atoms with Crippen LogP contribution in [0.15, 0.2) is 18.2 Å². The molecule has 94 valence electrons. The fourth-order valence-corrected chi connectivity index (χ4v) is 2.47. The number of benzene rings is 1. The molecule has 0 unspecified atom stereocenters. The summed E-state index contributed by atoms with van der Waals surface area (Å²) in [6.07, 6.45) is 0.864. The van der Waals surface area contributed by atoms with Gasteiger partial charge < -0.3 is 5.73 Å². The fraction of sp³-hybridized carbons (Fsp3) is 0.286. The van der Waals surface area contributed by atoms with Gasteiger partial charge in [-0.1, -0.05) is 24.6 Å². The van der Waals surface area contributed by atoms with Crippen molar-refractivity contribution < 1.29 is 0 Å². The Hall–Kier alpha value is -1.17. The molecule has 1 aromatic heterocycles. The Labute approximate surface area is 121 Å². The third kappa shape index (κ3) is 2.48. The number of nitrogen functional groups attached to an aromatic ring is 1. The maximum Gasteiger partial charge on any atom is 0.162 e. The van der Waals surface area contributed by atoms with Crippen molar-refractivity contribution >= 4 is 28.4 Å². The van der Waals surface area contributed by atoms with E-state index in [2.05, 4.69) is 71.5 Å². The van der Waals surface area contributed by atoms with Crippen LogP contribution in [-0.4, -0.2) is 9.97 Å². The van der Waals surface area contributed by atoms with Gasteiger partial charge in [0, 0.05) is 5.56 Å². The second-order valence-corrected chi connectivity index (χ2v) is 5.44. The second-order valence-electron chi connectivity index (χ2n) is 4.37. The first-order valence-electron chi connectivity index (χ1n) is 5.92. The molecule has 0 spiro atoms. The van der Waals surface area contributed by atoms with Crippen LogP contribution in [0.2, 0.25) is 0 Å². The van der Waals surface area contributed by atoms with E-state index in [1.807, 2.05) is 0 Å². The van der Waals surface area contributed by atoms with Crippen LogP contribution in [0.3, 0.4) is 0 Å². The number of aryl methyl sites for hydroxylation is 3. The van der Waals surface area contributed by atoms with Gasteiger partial charge in [0.05, 0.1) is 9.26 Å². The Morgan fingerprint density at radius 1 is 1.22 bits per heavy atom. The van der Waals surface area contributed by atoms with Crippen molar-refractivity contribution in [3.8, 4) is 11.4 Å². The van der Waals surface area contributed by atoms with E-state index in [4.69, 9.17) is 5.73 Å². The van der Waals surface area contributed by atoms with E-state index in [-0.39, 0.29) is 0 Å². The molecule has 0 aliphatic heterocycles. The molecule has 1 heterocycles. The lowest BCUT2D eigenvalue weighted by Gasteiger charge is -2.10. The number of nitrogens with two attached hydrogens (primary N) is 1. The molecular weight excluding hydrogens is 337 g/mol. The summed E-state index contributed by atoms with van der Waals surface area (Å²) < 4.78 is 0.962. The van der Waals surface area contributed by atoms with Gasteiger partial charge in [-0.15, -0.1) is 0 Å². The second kappa shape index (κ2) is 5.22. The summed E-state index contributed by atoms with van der Waals surface area (Å²) in [6.45, 7) is 6.22. The third-order valence-corrected chi connectivity index (χ3v) is 4.09. The van der Waals surface area contributed by atoms with E-state index in [1.54, 1.807) is 0 Å². The standard InChI is InChI=1S/C14H16IN3/c1-4-11-12(15)13(16)18-14(17-11)10-7-8(2)5-6-9(10)3/h5-7H,4H2,1-3H3,(H2,16,17,18). The molecule has 0 bridgehead atoms. The normalized spacial score (nSPS) is 10.7. The molecule has 0 aliphatic rings. The number of hydrogen-bond acceptors (Lipinski definition) is 3. The highest BCUT2D eigenvalue weighted by atomic mass is 127. The Morgan fingerprint density at radius 3 is 2.61 bits per heavy atom. The van der Waals surface area contributed by atoms with Crippen LogP contribution in [-0.2, 0) is 6.42 Å². The summed E-state index contributed by atoms with van der Waals surface area (Å²) in [4.78, 5) is 9.04.